The fourth-order valence-corrected chi connectivity index (χ4v) is 2.78. The van der Waals surface area contributed by atoms with E-state index in [0.29, 0.717) is 11.8 Å². The standard InChI is InChI=1S/C12H20N4/c1-16-12(9-5-3-2-4-6-9)14-11(15-16)10-7-13-8-10/h9-10,13H,2-8H2,1H3. The summed E-state index contributed by atoms with van der Waals surface area (Å²) < 4.78 is 2.02. The molecule has 1 saturated carbocycles. The lowest BCUT2D eigenvalue weighted by Crippen LogP contribution is -2.40. The summed E-state index contributed by atoms with van der Waals surface area (Å²) >= 11 is 0. The van der Waals surface area contributed by atoms with Gasteiger partial charge in [-0.25, -0.2) is 4.98 Å². The van der Waals surface area contributed by atoms with Gasteiger partial charge in [-0.3, -0.25) is 4.68 Å². The van der Waals surface area contributed by atoms with Crippen molar-refractivity contribution in [2.75, 3.05) is 13.1 Å². The smallest absolute Gasteiger partial charge is 0.156 e. The zero-order valence-corrected chi connectivity index (χ0v) is 9.95. The van der Waals surface area contributed by atoms with Crippen LogP contribution in [0.3, 0.4) is 0 Å². The molecule has 16 heavy (non-hydrogen) atoms. The Bertz CT molecular complexity index is 361. The summed E-state index contributed by atoms with van der Waals surface area (Å²) in [7, 11) is 2.05. The van der Waals surface area contributed by atoms with Gasteiger partial charge >= 0.3 is 0 Å². The van der Waals surface area contributed by atoms with Crippen molar-refractivity contribution in [1.29, 1.82) is 0 Å². The number of rotatable bonds is 2. The van der Waals surface area contributed by atoms with Gasteiger partial charge in [0.15, 0.2) is 5.82 Å². The summed E-state index contributed by atoms with van der Waals surface area (Å²) in [5.41, 5.74) is 0. The number of nitrogens with zero attached hydrogens (tertiary/aromatic N) is 3. The Kier molecular flexibility index (Phi) is 2.67. The second-order valence-electron chi connectivity index (χ2n) is 5.14. The van der Waals surface area contributed by atoms with Crippen molar-refractivity contribution in [3.63, 3.8) is 0 Å². The first-order valence-electron chi connectivity index (χ1n) is 6.46. The molecule has 0 radical (unpaired) electrons. The molecule has 2 aliphatic rings. The molecule has 1 saturated heterocycles. The summed E-state index contributed by atoms with van der Waals surface area (Å²) in [4.78, 5) is 4.77. The molecule has 0 aromatic carbocycles. The van der Waals surface area contributed by atoms with Crippen molar-refractivity contribution in [2.24, 2.45) is 7.05 Å². The van der Waals surface area contributed by atoms with Gasteiger partial charge in [-0.05, 0) is 12.8 Å². The summed E-state index contributed by atoms with van der Waals surface area (Å²) in [5.74, 6) is 3.50. The largest absolute Gasteiger partial charge is 0.315 e. The number of aryl methyl sites for hydroxylation is 1. The van der Waals surface area contributed by atoms with E-state index in [2.05, 4.69) is 10.4 Å². The first-order valence-corrected chi connectivity index (χ1v) is 6.46. The summed E-state index contributed by atoms with van der Waals surface area (Å²) in [6.45, 7) is 2.10. The van der Waals surface area contributed by atoms with Crippen molar-refractivity contribution < 1.29 is 0 Å². The molecular weight excluding hydrogens is 200 g/mol. The SMILES string of the molecule is Cn1nc(C2CNC2)nc1C1CCCCC1. The molecule has 1 N–H and O–H groups in total. The van der Waals surface area contributed by atoms with Gasteiger partial charge in [0.2, 0.25) is 0 Å². The average Bonchev–Trinajstić information content (AvgIpc) is 2.59. The molecule has 0 amide bonds. The predicted molar refractivity (Wildman–Crippen MR) is 62.4 cm³/mol. The van der Waals surface area contributed by atoms with Crippen LogP contribution >= 0.6 is 0 Å². The van der Waals surface area contributed by atoms with Crippen LogP contribution in [0, 0.1) is 0 Å². The van der Waals surface area contributed by atoms with E-state index >= 15 is 0 Å². The Hall–Kier alpha value is -0.900. The van der Waals surface area contributed by atoms with E-state index in [0.717, 1.165) is 18.9 Å². The molecule has 1 aliphatic heterocycles. The van der Waals surface area contributed by atoms with Crippen molar-refractivity contribution >= 4 is 0 Å². The maximum atomic E-state index is 4.77. The third-order valence-electron chi connectivity index (χ3n) is 3.93. The van der Waals surface area contributed by atoms with Crippen LogP contribution in [0.5, 0.6) is 0 Å². The van der Waals surface area contributed by atoms with Gasteiger partial charge in [0.05, 0.1) is 0 Å². The highest BCUT2D eigenvalue weighted by Crippen LogP contribution is 2.32. The highest BCUT2D eigenvalue weighted by Gasteiger charge is 2.27. The van der Waals surface area contributed by atoms with Gasteiger partial charge in [0.1, 0.15) is 5.82 Å². The number of hydrogen-bond acceptors (Lipinski definition) is 3. The van der Waals surface area contributed by atoms with E-state index in [1.54, 1.807) is 0 Å². The molecule has 88 valence electrons. The molecule has 1 aromatic heterocycles. The fourth-order valence-electron chi connectivity index (χ4n) is 2.78. The van der Waals surface area contributed by atoms with Crippen LogP contribution in [0.2, 0.25) is 0 Å². The minimum absolute atomic E-state index is 0.559. The molecule has 0 spiro atoms. The normalized spacial score (nSPS) is 23.3. The summed E-state index contributed by atoms with van der Waals surface area (Å²) in [5, 5.41) is 7.85. The van der Waals surface area contributed by atoms with Crippen LogP contribution in [-0.2, 0) is 7.05 Å². The molecule has 1 aliphatic carbocycles. The lowest BCUT2D eigenvalue weighted by molar-refractivity contribution is 0.416. The molecule has 4 heteroatoms. The van der Waals surface area contributed by atoms with Crippen LogP contribution in [0.1, 0.15) is 55.6 Å². The molecule has 0 atom stereocenters. The quantitative estimate of drug-likeness (QED) is 0.822. The molecule has 2 fully saturated rings. The first kappa shape index (κ1) is 10.3. The molecule has 0 unspecified atom stereocenters. The van der Waals surface area contributed by atoms with E-state index in [4.69, 9.17) is 4.98 Å². The molecular formula is C12H20N4. The second-order valence-corrected chi connectivity index (χ2v) is 5.14. The Balaban J connectivity index is 1.79. The number of nitrogens with one attached hydrogen (secondary N) is 1. The van der Waals surface area contributed by atoms with E-state index in [-0.39, 0.29) is 0 Å². The maximum absolute atomic E-state index is 4.77. The third-order valence-corrected chi connectivity index (χ3v) is 3.93. The second kappa shape index (κ2) is 4.17. The van der Waals surface area contributed by atoms with E-state index in [1.807, 2.05) is 11.7 Å². The molecule has 1 aromatic rings. The van der Waals surface area contributed by atoms with Crippen molar-refractivity contribution in [3.05, 3.63) is 11.6 Å². The monoisotopic (exact) mass is 220 g/mol. The van der Waals surface area contributed by atoms with Crippen molar-refractivity contribution in [1.82, 2.24) is 20.1 Å². The van der Waals surface area contributed by atoms with E-state index < -0.39 is 0 Å². The van der Waals surface area contributed by atoms with Crippen LogP contribution in [0.15, 0.2) is 0 Å². The molecule has 2 heterocycles. The van der Waals surface area contributed by atoms with E-state index in [9.17, 15) is 0 Å². The minimum Gasteiger partial charge on any atom is -0.315 e. The number of hydrogen-bond donors (Lipinski definition) is 1. The third kappa shape index (κ3) is 1.75. The Morgan fingerprint density at radius 2 is 1.88 bits per heavy atom. The maximum Gasteiger partial charge on any atom is 0.156 e. The lowest BCUT2D eigenvalue weighted by Gasteiger charge is -2.24. The topological polar surface area (TPSA) is 42.7 Å². The van der Waals surface area contributed by atoms with Crippen LogP contribution in [0.25, 0.3) is 0 Å². The summed E-state index contributed by atoms with van der Waals surface area (Å²) in [6.07, 6.45) is 6.72. The highest BCUT2D eigenvalue weighted by atomic mass is 15.3. The molecule has 0 bridgehead atoms. The van der Waals surface area contributed by atoms with Crippen LogP contribution in [0.4, 0.5) is 0 Å². The van der Waals surface area contributed by atoms with Crippen molar-refractivity contribution in [2.45, 2.75) is 43.9 Å². The van der Waals surface area contributed by atoms with Crippen LogP contribution < -0.4 is 5.32 Å². The Labute approximate surface area is 96.4 Å². The van der Waals surface area contributed by atoms with Gasteiger partial charge in [-0.1, -0.05) is 19.3 Å². The zero-order chi connectivity index (χ0) is 11.0. The van der Waals surface area contributed by atoms with Crippen molar-refractivity contribution in [3.8, 4) is 0 Å². The summed E-state index contributed by atoms with van der Waals surface area (Å²) in [6, 6.07) is 0. The first-order chi connectivity index (χ1) is 7.84. The molecule has 4 nitrogen and oxygen atoms in total. The Morgan fingerprint density at radius 3 is 2.50 bits per heavy atom. The van der Waals surface area contributed by atoms with Gasteiger partial charge in [0, 0.05) is 32.0 Å². The van der Waals surface area contributed by atoms with E-state index in [1.165, 1.54) is 37.9 Å². The van der Waals surface area contributed by atoms with Crippen LogP contribution in [-0.4, -0.2) is 27.9 Å². The number of aromatic nitrogens is 3. The minimum atomic E-state index is 0.559. The van der Waals surface area contributed by atoms with Gasteiger partial charge < -0.3 is 5.32 Å². The average molecular weight is 220 g/mol. The predicted octanol–water partition coefficient (Wildman–Crippen LogP) is 1.55. The highest BCUT2D eigenvalue weighted by molar-refractivity contribution is 5.08. The van der Waals surface area contributed by atoms with Gasteiger partial charge in [-0.15, -0.1) is 0 Å². The van der Waals surface area contributed by atoms with Gasteiger partial charge in [0.25, 0.3) is 0 Å². The lowest BCUT2D eigenvalue weighted by atomic mass is 9.88. The Morgan fingerprint density at radius 1 is 1.12 bits per heavy atom. The zero-order valence-electron chi connectivity index (χ0n) is 9.95. The molecule has 3 rings (SSSR count). The fraction of sp³-hybridized carbons (Fsp3) is 0.833. The van der Waals surface area contributed by atoms with Gasteiger partial charge in [-0.2, -0.15) is 5.10 Å².